The van der Waals surface area contributed by atoms with E-state index in [4.69, 9.17) is 17.5 Å². The predicted molar refractivity (Wildman–Crippen MR) is 54.3 cm³/mol. The number of hydrazine groups is 3. The van der Waals surface area contributed by atoms with E-state index in [1.807, 2.05) is 16.3 Å². The summed E-state index contributed by atoms with van der Waals surface area (Å²) in [4.78, 5) is 33.0. The zero-order valence-corrected chi connectivity index (χ0v) is 8.66. The Labute approximate surface area is 92.0 Å². The van der Waals surface area contributed by atoms with Gasteiger partial charge in [0.2, 0.25) is 17.7 Å². The van der Waals surface area contributed by atoms with Crippen LogP contribution in [0.3, 0.4) is 0 Å². The van der Waals surface area contributed by atoms with E-state index >= 15 is 0 Å². The van der Waals surface area contributed by atoms with Crippen LogP contribution < -0.4 is 33.8 Å². The summed E-state index contributed by atoms with van der Waals surface area (Å²) in [6, 6.07) is 0. The Balaban J connectivity index is 4.31. The maximum absolute atomic E-state index is 11.0. The summed E-state index contributed by atoms with van der Waals surface area (Å²) in [7, 11) is 0. The third-order valence-electron chi connectivity index (χ3n) is 1.91. The number of amides is 3. The van der Waals surface area contributed by atoms with Crippen molar-refractivity contribution in [3.05, 3.63) is 0 Å². The molecule has 3 amide bonds. The molecular formula is C7H16N6O3. The second kappa shape index (κ2) is 7.56. The average molecular weight is 232 g/mol. The molecule has 0 bridgehead atoms. The summed E-state index contributed by atoms with van der Waals surface area (Å²) in [6.07, 6.45) is -0.175. The molecule has 0 fully saturated rings. The molecule has 0 atom stereocenters. The van der Waals surface area contributed by atoms with Gasteiger partial charge >= 0.3 is 0 Å². The van der Waals surface area contributed by atoms with Gasteiger partial charge in [0, 0.05) is 19.3 Å². The van der Waals surface area contributed by atoms with E-state index in [0.717, 1.165) is 0 Å². The van der Waals surface area contributed by atoms with Gasteiger partial charge in [-0.25, -0.2) is 17.5 Å². The fraction of sp³-hybridized carbons (Fsp3) is 0.571. The van der Waals surface area contributed by atoms with E-state index in [2.05, 4.69) is 0 Å². The smallest absolute Gasteiger partial charge is 0.234 e. The summed E-state index contributed by atoms with van der Waals surface area (Å²) in [5.41, 5.74) is 5.74. The molecule has 0 aromatic carbocycles. The SMILES string of the molecule is NNC(=O)CC(CC(=O)NN)CC(=O)NN. The van der Waals surface area contributed by atoms with Crippen LogP contribution in [0.1, 0.15) is 19.3 Å². The number of hydrogen-bond donors (Lipinski definition) is 6. The van der Waals surface area contributed by atoms with Crippen LogP contribution in [0.5, 0.6) is 0 Å². The van der Waals surface area contributed by atoms with E-state index in [9.17, 15) is 14.4 Å². The number of rotatable bonds is 6. The highest BCUT2D eigenvalue weighted by Crippen LogP contribution is 2.13. The molecule has 0 spiro atoms. The van der Waals surface area contributed by atoms with Crippen molar-refractivity contribution in [3.8, 4) is 0 Å². The van der Waals surface area contributed by atoms with Gasteiger partial charge < -0.3 is 0 Å². The van der Waals surface area contributed by atoms with Gasteiger partial charge in [0.25, 0.3) is 0 Å². The fourth-order valence-corrected chi connectivity index (χ4v) is 1.18. The number of hydrogen-bond acceptors (Lipinski definition) is 6. The predicted octanol–water partition coefficient (Wildman–Crippen LogP) is -3.26. The Bertz CT molecular complexity index is 226. The number of nitrogens with two attached hydrogens (primary N) is 3. The lowest BCUT2D eigenvalue weighted by Crippen LogP contribution is -2.37. The number of carbonyl (C=O) groups excluding carboxylic acids is 3. The lowest BCUT2D eigenvalue weighted by Gasteiger charge is -2.13. The van der Waals surface area contributed by atoms with Crippen LogP contribution in [-0.4, -0.2) is 17.7 Å². The minimum Gasteiger partial charge on any atom is -0.294 e. The van der Waals surface area contributed by atoms with Gasteiger partial charge in [0.1, 0.15) is 0 Å². The summed E-state index contributed by atoms with van der Waals surface area (Å²) >= 11 is 0. The van der Waals surface area contributed by atoms with Gasteiger partial charge in [0.05, 0.1) is 0 Å². The van der Waals surface area contributed by atoms with Gasteiger partial charge in [-0.05, 0) is 5.92 Å². The standard InChI is InChI=1S/C7H16N6O3/c8-11-5(14)1-4(2-6(15)12-9)3-7(16)13-10/h4H,1-3,8-10H2,(H,11,14)(H,12,15)(H,13,16). The lowest BCUT2D eigenvalue weighted by atomic mass is 9.96. The topological polar surface area (TPSA) is 165 Å². The normalized spacial score (nSPS) is 9.75. The van der Waals surface area contributed by atoms with Gasteiger partial charge in [-0.3, -0.25) is 30.7 Å². The Morgan fingerprint density at radius 2 is 1.00 bits per heavy atom. The van der Waals surface area contributed by atoms with Crippen molar-refractivity contribution in [1.29, 1.82) is 0 Å². The van der Waals surface area contributed by atoms with Crippen molar-refractivity contribution in [2.24, 2.45) is 23.4 Å². The van der Waals surface area contributed by atoms with Gasteiger partial charge in [-0.1, -0.05) is 0 Å². The zero-order chi connectivity index (χ0) is 12.6. The van der Waals surface area contributed by atoms with E-state index in [1.165, 1.54) is 0 Å². The molecule has 92 valence electrons. The molecule has 0 aromatic rings. The highest BCUT2D eigenvalue weighted by molar-refractivity contribution is 5.81. The molecule has 0 aliphatic rings. The highest BCUT2D eigenvalue weighted by atomic mass is 16.2. The quantitative estimate of drug-likeness (QED) is 0.160. The van der Waals surface area contributed by atoms with E-state index in [-0.39, 0.29) is 19.3 Å². The van der Waals surface area contributed by atoms with Gasteiger partial charge in [-0.2, -0.15) is 0 Å². The molecule has 0 saturated carbocycles. The first-order valence-electron chi connectivity index (χ1n) is 4.51. The summed E-state index contributed by atoms with van der Waals surface area (Å²) < 4.78 is 0. The molecular weight excluding hydrogens is 216 g/mol. The van der Waals surface area contributed by atoms with Crippen LogP contribution in [0, 0.1) is 5.92 Å². The van der Waals surface area contributed by atoms with E-state index in [0.29, 0.717) is 0 Å². The molecule has 9 heteroatoms. The Kier molecular flexibility index (Phi) is 6.76. The lowest BCUT2D eigenvalue weighted by molar-refractivity contribution is -0.126. The van der Waals surface area contributed by atoms with Crippen LogP contribution >= 0.6 is 0 Å². The molecule has 0 aliphatic carbocycles. The maximum Gasteiger partial charge on any atom is 0.234 e. The second-order valence-corrected chi connectivity index (χ2v) is 3.18. The van der Waals surface area contributed by atoms with Crippen molar-refractivity contribution in [3.63, 3.8) is 0 Å². The Morgan fingerprint density at radius 1 is 0.750 bits per heavy atom. The van der Waals surface area contributed by atoms with Crippen LogP contribution in [0.4, 0.5) is 0 Å². The first-order chi connectivity index (χ1) is 7.53. The van der Waals surface area contributed by atoms with Crippen molar-refractivity contribution in [1.82, 2.24) is 16.3 Å². The molecule has 0 unspecified atom stereocenters. The molecule has 0 radical (unpaired) electrons. The first-order valence-corrected chi connectivity index (χ1v) is 4.51. The molecule has 0 aromatic heterocycles. The number of nitrogens with one attached hydrogen (secondary N) is 3. The van der Waals surface area contributed by atoms with Crippen molar-refractivity contribution in [2.45, 2.75) is 19.3 Å². The van der Waals surface area contributed by atoms with Crippen LogP contribution in [0.25, 0.3) is 0 Å². The first kappa shape index (κ1) is 14.3. The molecule has 0 saturated heterocycles. The highest BCUT2D eigenvalue weighted by Gasteiger charge is 2.19. The van der Waals surface area contributed by atoms with Crippen LogP contribution in [-0.2, 0) is 14.4 Å². The molecule has 0 aliphatic heterocycles. The second-order valence-electron chi connectivity index (χ2n) is 3.18. The van der Waals surface area contributed by atoms with Crippen molar-refractivity contribution < 1.29 is 14.4 Å². The Morgan fingerprint density at radius 3 is 1.19 bits per heavy atom. The fourth-order valence-electron chi connectivity index (χ4n) is 1.18. The largest absolute Gasteiger partial charge is 0.294 e. The van der Waals surface area contributed by atoms with Gasteiger partial charge in [-0.15, -0.1) is 0 Å². The average Bonchev–Trinajstić information content (AvgIpc) is 2.28. The summed E-state index contributed by atoms with van der Waals surface area (Å²) in [5, 5.41) is 0. The molecule has 9 N–H and O–H groups in total. The number of carbonyl (C=O) groups is 3. The van der Waals surface area contributed by atoms with Crippen LogP contribution in [0.2, 0.25) is 0 Å². The van der Waals surface area contributed by atoms with Crippen molar-refractivity contribution in [2.75, 3.05) is 0 Å². The monoisotopic (exact) mass is 232 g/mol. The van der Waals surface area contributed by atoms with E-state index < -0.39 is 23.6 Å². The third kappa shape index (κ3) is 5.90. The zero-order valence-electron chi connectivity index (χ0n) is 8.66. The molecule has 0 heterocycles. The third-order valence-corrected chi connectivity index (χ3v) is 1.91. The molecule has 16 heavy (non-hydrogen) atoms. The summed E-state index contributed by atoms with van der Waals surface area (Å²) in [5.74, 6) is 12.8. The minimum absolute atomic E-state index is 0.0582. The van der Waals surface area contributed by atoms with Gasteiger partial charge in [0.15, 0.2) is 0 Å². The van der Waals surface area contributed by atoms with E-state index in [1.54, 1.807) is 0 Å². The Hall–Kier alpha value is -1.71. The minimum atomic E-state index is -0.504. The van der Waals surface area contributed by atoms with Crippen LogP contribution in [0.15, 0.2) is 0 Å². The molecule has 9 nitrogen and oxygen atoms in total. The molecule has 0 rings (SSSR count). The van der Waals surface area contributed by atoms with Crippen molar-refractivity contribution >= 4 is 17.7 Å². The maximum atomic E-state index is 11.0. The summed E-state index contributed by atoms with van der Waals surface area (Å²) in [6.45, 7) is 0.